The molecule has 4 aliphatic rings. The predicted octanol–water partition coefficient (Wildman–Crippen LogP) is 4.21. The summed E-state index contributed by atoms with van der Waals surface area (Å²) in [5, 5.41) is 18.4. The molecule has 28 heavy (non-hydrogen) atoms. The first-order valence-electron chi connectivity index (χ1n) is 9.98. The number of aromatic nitrogens is 3. The number of nitrogens with one attached hydrogen (secondary N) is 2. The molecule has 0 aliphatic heterocycles. The zero-order valence-corrected chi connectivity index (χ0v) is 15.9. The van der Waals surface area contributed by atoms with E-state index in [9.17, 15) is 10.1 Å². The van der Waals surface area contributed by atoms with Crippen molar-refractivity contribution in [1.82, 2.24) is 15.0 Å². The standard InChI is InChI=1S/C20H24N6O2/c1-12-3-2-4-16(23-12)24-18-17(26(27)28)19(22-11-21-18)25-20-8-13-5-14(9-20)7-15(6-13)10-20/h2-4,11,13-15H,5-10H2,1H3,(H2,21,22,23,24,25). The van der Waals surface area contributed by atoms with Gasteiger partial charge in [0.05, 0.1) is 4.92 Å². The van der Waals surface area contributed by atoms with Crippen LogP contribution in [0.5, 0.6) is 0 Å². The van der Waals surface area contributed by atoms with E-state index >= 15 is 0 Å². The van der Waals surface area contributed by atoms with Gasteiger partial charge in [0.2, 0.25) is 11.6 Å². The number of nitrogens with zero attached hydrogens (tertiary/aromatic N) is 4. The Morgan fingerprint density at radius 1 is 1.07 bits per heavy atom. The van der Waals surface area contributed by atoms with Crippen molar-refractivity contribution >= 4 is 23.1 Å². The lowest BCUT2D eigenvalue weighted by Gasteiger charge is -2.57. The Balaban J connectivity index is 1.47. The van der Waals surface area contributed by atoms with Crippen LogP contribution >= 0.6 is 0 Å². The minimum absolute atomic E-state index is 0.0628. The van der Waals surface area contributed by atoms with Gasteiger partial charge in [-0.2, -0.15) is 0 Å². The quantitative estimate of drug-likeness (QED) is 0.591. The van der Waals surface area contributed by atoms with E-state index in [4.69, 9.17) is 0 Å². The Bertz CT molecular complexity index is 895. The summed E-state index contributed by atoms with van der Waals surface area (Å²) >= 11 is 0. The molecule has 0 unspecified atom stereocenters. The van der Waals surface area contributed by atoms with Crippen molar-refractivity contribution in [2.24, 2.45) is 17.8 Å². The Morgan fingerprint density at radius 3 is 2.32 bits per heavy atom. The second kappa shape index (κ2) is 6.39. The van der Waals surface area contributed by atoms with Gasteiger partial charge in [0.1, 0.15) is 12.1 Å². The molecule has 4 fully saturated rings. The van der Waals surface area contributed by atoms with E-state index in [1.54, 1.807) is 6.07 Å². The summed E-state index contributed by atoms with van der Waals surface area (Å²) in [6.07, 6.45) is 8.59. The van der Waals surface area contributed by atoms with Crippen LogP contribution in [-0.4, -0.2) is 25.4 Å². The number of pyridine rings is 1. The number of hydrogen-bond donors (Lipinski definition) is 2. The molecule has 4 aliphatic carbocycles. The topological polar surface area (TPSA) is 106 Å². The van der Waals surface area contributed by atoms with Crippen LogP contribution in [0.2, 0.25) is 0 Å². The molecule has 2 aromatic heterocycles. The Hall–Kier alpha value is -2.77. The van der Waals surface area contributed by atoms with E-state index in [2.05, 4.69) is 25.6 Å². The van der Waals surface area contributed by atoms with Gasteiger partial charge in [-0.25, -0.2) is 15.0 Å². The summed E-state index contributed by atoms with van der Waals surface area (Å²) in [5.41, 5.74) is 0.655. The van der Waals surface area contributed by atoms with Crippen molar-refractivity contribution < 1.29 is 4.92 Å². The van der Waals surface area contributed by atoms with Crippen LogP contribution in [-0.2, 0) is 0 Å². The molecule has 4 bridgehead atoms. The second-order valence-electron chi connectivity index (χ2n) is 8.79. The Morgan fingerprint density at radius 2 is 1.71 bits per heavy atom. The largest absolute Gasteiger partial charge is 0.359 e. The molecule has 0 saturated heterocycles. The summed E-state index contributed by atoms with van der Waals surface area (Å²) in [6, 6.07) is 5.50. The monoisotopic (exact) mass is 380 g/mol. The van der Waals surface area contributed by atoms with Crippen molar-refractivity contribution in [3.8, 4) is 0 Å². The van der Waals surface area contributed by atoms with Crippen molar-refractivity contribution in [3.63, 3.8) is 0 Å². The molecule has 0 amide bonds. The SMILES string of the molecule is Cc1cccc(Nc2ncnc(NC34CC5CC(CC(C5)C3)C4)c2[N+](=O)[O-])n1. The van der Waals surface area contributed by atoms with Crippen LogP contribution in [0.25, 0.3) is 0 Å². The van der Waals surface area contributed by atoms with E-state index in [1.165, 1.54) is 25.6 Å². The van der Waals surface area contributed by atoms with Gasteiger partial charge in [-0.05, 0) is 75.3 Å². The summed E-state index contributed by atoms with van der Waals surface area (Å²) < 4.78 is 0. The van der Waals surface area contributed by atoms with Gasteiger partial charge in [-0.3, -0.25) is 10.1 Å². The van der Waals surface area contributed by atoms with Crippen molar-refractivity contribution in [3.05, 3.63) is 40.3 Å². The third-order valence-electron chi connectivity index (χ3n) is 6.56. The van der Waals surface area contributed by atoms with E-state index in [-0.39, 0.29) is 17.0 Å². The Labute approximate surface area is 163 Å². The number of hydrogen-bond acceptors (Lipinski definition) is 7. The van der Waals surface area contributed by atoms with Crippen LogP contribution in [0.15, 0.2) is 24.5 Å². The first-order chi connectivity index (χ1) is 13.5. The molecule has 146 valence electrons. The minimum Gasteiger partial charge on any atom is -0.359 e. The van der Waals surface area contributed by atoms with E-state index < -0.39 is 4.92 Å². The first kappa shape index (κ1) is 17.3. The molecule has 0 aromatic carbocycles. The molecule has 0 atom stereocenters. The average molecular weight is 380 g/mol. The van der Waals surface area contributed by atoms with Crippen molar-refractivity contribution in [2.45, 2.75) is 51.0 Å². The van der Waals surface area contributed by atoms with E-state index in [0.29, 0.717) is 11.6 Å². The molecule has 2 heterocycles. The highest BCUT2D eigenvalue weighted by Crippen LogP contribution is 2.57. The fraction of sp³-hybridized carbons (Fsp3) is 0.550. The van der Waals surface area contributed by atoms with Crippen LogP contribution in [0.4, 0.5) is 23.1 Å². The highest BCUT2D eigenvalue weighted by Gasteiger charge is 2.51. The molecule has 6 rings (SSSR count). The fourth-order valence-corrected chi connectivity index (χ4v) is 5.98. The number of aryl methyl sites for hydroxylation is 1. The molecular formula is C20H24N6O2. The lowest BCUT2D eigenvalue weighted by Crippen LogP contribution is -2.55. The smallest absolute Gasteiger partial charge is 0.353 e. The maximum atomic E-state index is 11.9. The normalized spacial score (nSPS) is 30.2. The van der Waals surface area contributed by atoms with Gasteiger partial charge in [-0.1, -0.05) is 6.07 Å². The van der Waals surface area contributed by atoms with Crippen molar-refractivity contribution in [2.75, 3.05) is 10.6 Å². The molecule has 0 radical (unpaired) electrons. The minimum atomic E-state index is -0.402. The van der Waals surface area contributed by atoms with Gasteiger partial charge in [0, 0.05) is 11.2 Å². The molecule has 0 spiro atoms. The van der Waals surface area contributed by atoms with Crippen LogP contribution < -0.4 is 10.6 Å². The van der Waals surface area contributed by atoms with Crippen LogP contribution in [0.3, 0.4) is 0 Å². The third kappa shape index (κ3) is 3.06. The van der Waals surface area contributed by atoms with Gasteiger partial charge >= 0.3 is 5.69 Å². The maximum Gasteiger partial charge on any atom is 0.353 e. The molecule has 2 N–H and O–H groups in total. The molecular weight excluding hydrogens is 356 g/mol. The first-order valence-corrected chi connectivity index (χ1v) is 9.98. The van der Waals surface area contributed by atoms with Crippen molar-refractivity contribution in [1.29, 1.82) is 0 Å². The average Bonchev–Trinajstić information content (AvgIpc) is 2.60. The zero-order valence-electron chi connectivity index (χ0n) is 15.9. The van der Waals surface area contributed by atoms with Gasteiger partial charge < -0.3 is 10.6 Å². The summed E-state index contributed by atoms with van der Waals surface area (Å²) in [7, 11) is 0. The van der Waals surface area contributed by atoms with E-state index in [0.717, 1.165) is 42.7 Å². The molecule has 8 heteroatoms. The van der Waals surface area contributed by atoms with Gasteiger partial charge in [-0.15, -0.1) is 0 Å². The predicted molar refractivity (Wildman–Crippen MR) is 105 cm³/mol. The number of anilines is 3. The van der Waals surface area contributed by atoms with Crippen LogP contribution in [0.1, 0.15) is 44.2 Å². The third-order valence-corrected chi connectivity index (χ3v) is 6.56. The number of rotatable bonds is 5. The van der Waals surface area contributed by atoms with Gasteiger partial charge in [0.15, 0.2) is 0 Å². The van der Waals surface area contributed by atoms with Crippen LogP contribution in [0, 0.1) is 34.8 Å². The lowest BCUT2D eigenvalue weighted by atomic mass is 9.53. The zero-order chi connectivity index (χ0) is 19.3. The summed E-state index contributed by atoms with van der Waals surface area (Å²) in [6.45, 7) is 1.87. The number of nitro groups is 1. The fourth-order valence-electron chi connectivity index (χ4n) is 5.98. The molecule has 8 nitrogen and oxygen atoms in total. The molecule has 2 aromatic rings. The summed E-state index contributed by atoms with van der Waals surface area (Å²) in [5.74, 6) is 3.25. The highest BCUT2D eigenvalue weighted by molar-refractivity contribution is 5.73. The lowest BCUT2D eigenvalue weighted by molar-refractivity contribution is -0.383. The Kier molecular flexibility index (Phi) is 3.96. The van der Waals surface area contributed by atoms with Gasteiger partial charge in [0.25, 0.3) is 0 Å². The summed E-state index contributed by atoms with van der Waals surface area (Å²) in [4.78, 5) is 24.3. The highest BCUT2D eigenvalue weighted by atomic mass is 16.6. The van der Waals surface area contributed by atoms with E-state index in [1.807, 2.05) is 19.1 Å². The second-order valence-corrected chi connectivity index (χ2v) is 8.79. The maximum absolute atomic E-state index is 11.9. The molecule has 4 saturated carbocycles.